The first kappa shape index (κ1) is 17.0. The van der Waals surface area contributed by atoms with Gasteiger partial charge in [0.15, 0.2) is 0 Å². The van der Waals surface area contributed by atoms with E-state index in [9.17, 15) is 4.79 Å². The van der Waals surface area contributed by atoms with E-state index in [0.29, 0.717) is 11.6 Å². The van der Waals surface area contributed by atoms with Crippen LogP contribution in [0.3, 0.4) is 0 Å². The molecular weight excluding hydrogens is 286 g/mol. The predicted molar refractivity (Wildman–Crippen MR) is 96.1 cm³/mol. The van der Waals surface area contributed by atoms with E-state index >= 15 is 0 Å². The van der Waals surface area contributed by atoms with E-state index in [1.54, 1.807) is 12.3 Å². The molecule has 0 spiro atoms. The molecule has 0 aliphatic carbocycles. The maximum atomic E-state index is 12.3. The van der Waals surface area contributed by atoms with E-state index in [2.05, 4.69) is 29.5 Å². The minimum Gasteiger partial charge on any atom is -0.384 e. The molecule has 0 unspecified atom stereocenters. The van der Waals surface area contributed by atoms with Crippen LogP contribution >= 0.6 is 0 Å². The normalized spacial score (nSPS) is 10.7. The van der Waals surface area contributed by atoms with Gasteiger partial charge in [-0.1, -0.05) is 32.0 Å². The maximum Gasteiger partial charge on any atom is 0.274 e. The molecule has 0 saturated heterocycles. The van der Waals surface area contributed by atoms with Crippen LogP contribution in [0.4, 0.5) is 11.4 Å². The first-order valence-electron chi connectivity index (χ1n) is 8.05. The van der Waals surface area contributed by atoms with Crippen LogP contribution in [0.1, 0.15) is 41.9 Å². The summed E-state index contributed by atoms with van der Waals surface area (Å²) in [5, 5.41) is 6.27. The molecule has 0 saturated carbocycles. The molecule has 0 fully saturated rings. The number of pyridine rings is 1. The number of anilines is 2. The van der Waals surface area contributed by atoms with Gasteiger partial charge in [0.25, 0.3) is 5.91 Å². The Balaban J connectivity index is 2.00. The highest BCUT2D eigenvalue weighted by molar-refractivity contribution is 6.03. The van der Waals surface area contributed by atoms with E-state index in [-0.39, 0.29) is 5.91 Å². The van der Waals surface area contributed by atoms with Gasteiger partial charge in [-0.05, 0) is 49.4 Å². The van der Waals surface area contributed by atoms with E-state index in [0.717, 1.165) is 35.5 Å². The summed E-state index contributed by atoms with van der Waals surface area (Å²) in [4.78, 5) is 16.6. The predicted octanol–water partition coefficient (Wildman–Crippen LogP) is 4.41. The highest BCUT2D eigenvalue weighted by atomic mass is 16.1. The van der Waals surface area contributed by atoms with Crippen molar-refractivity contribution in [1.29, 1.82) is 0 Å². The highest BCUT2D eigenvalue weighted by Gasteiger charge is 2.10. The molecular formula is C19H25N3O. The number of hydrogen-bond donors (Lipinski definition) is 2. The van der Waals surface area contributed by atoms with Crippen LogP contribution in [0.5, 0.6) is 0 Å². The smallest absolute Gasteiger partial charge is 0.274 e. The first-order valence-corrected chi connectivity index (χ1v) is 8.05. The van der Waals surface area contributed by atoms with Gasteiger partial charge in [0, 0.05) is 12.2 Å². The average molecular weight is 311 g/mol. The second-order valence-electron chi connectivity index (χ2n) is 6.26. The summed E-state index contributed by atoms with van der Waals surface area (Å²) < 4.78 is 0. The number of benzene rings is 1. The summed E-state index contributed by atoms with van der Waals surface area (Å²) in [7, 11) is 0. The van der Waals surface area contributed by atoms with Crippen molar-refractivity contribution in [2.75, 3.05) is 17.2 Å². The molecule has 2 aromatic rings. The summed E-state index contributed by atoms with van der Waals surface area (Å²) in [6, 6.07) is 9.60. The molecule has 2 rings (SSSR count). The van der Waals surface area contributed by atoms with Crippen LogP contribution in [0, 0.1) is 19.8 Å². The number of aromatic nitrogens is 1. The molecule has 1 heterocycles. The lowest BCUT2D eigenvalue weighted by atomic mass is 10.1. The summed E-state index contributed by atoms with van der Waals surface area (Å²) in [5.41, 5.74) is 4.31. The van der Waals surface area contributed by atoms with Crippen LogP contribution in [-0.4, -0.2) is 17.4 Å². The second-order valence-corrected chi connectivity index (χ2v) is 6.26. The fourth-order valence-corrected chi connectivity index (χ4v) is 2.33. The summed E-state index contributed by atoms with van der Waals surface area (Å²) in [6.07, 6.45) is 2.81. The van der Waals surface area contributed by atoms with Gasteiger partial charge in [-0.3, -0.25) is 4.79 Å². The Labute approximate surface area is 138 Å². The topological polar surface area (TPSA) is 54.0 Å². The number of aryl methyl sites for hydroxylation is 2. The largest absolute Gasteiger partial charge is 0.384 e. The zero-order valence-electron chi connectivity index (χ0n) is 14.3. The van der Waals surface area contributed by atoms with Crippen molar-refractivity contribution < 1.29 is 4.79 Å². The van der Waals surface area contributed by atoms with Gasteiger partial charge in [-0.25, -0.2) is 4.98 Å². The third-order valence-corrected chi connectivity index (χ3v) is 3.77. The zero-order valence-corrected chi connectivity index (χ0v) is 14.3. The number of amides is 1. The van der Waals surface area contributed by atoms with Gasteiger partial charge in [0.05, 0.1) is 11.9 Å². The van der Waals surface area contributed by atoms with Gasteiger partial charge >= 0.3 is 0 Å². The second kappa shape index (κ2) is 7.77. The fourth-order valence-electron chi connectivity index (χ4n) is 2.33. The molecule has 0 aliphatic heterocycles. The summed E-state index contributed by atoms with van der Waals surface area (Å²) in [6.45, 7) is 9.27. The molecule has 4 heteroatoms. The highest BCUT2D eigenvalue weighted by Crippen LogP contribution is 2.20. The molecule has 23 heavy (non-hydrogen) atoms. The minimum atomic E-state index is -0.184. The number of carbonyl (C=O) groups excluding carboxylic acids is 1. The van der Waals surface area contributed by atoms with Crippen LogP contribution < -0.4 is 10.6 Å². The molecule has 1 amide bonds. The van der Waals surface area contributed by atoms with E-state index in [1.165, 1.54) is 0 Å². The van der Waals surface area contributed by atoms with Gasteiger partial charge < -0.3 is 10.6 Å². The lowest BCUT2D eigenvalue weighted by Crippen LogP contribution is -2.15. The summed E-state index contributed by atoms with van der Waals surface area (Å²) >= 11 is 0. The third-order valence-electron chi connectivity index (χ3n) is 3.77. The molecule has 2 N–H and O–H groups in total. The Kier molecular flexibility index (Phi) is 5.74. The van der Waals surface area contributed by atoms with Crippen molar-refractivity contribution in [3.8, 4) is 0 Å². The number of para-hydroxylation sites is 1. The number of nitrogens with zero attached hydrogens (tertiary/aromatic N) is 1. The Bertz CT molecular complexity index is 643. The molecule has 0 radical (unpaired) electrons. The fraction of sp³-hybridized carbons (Fsp3) is 0.368. The Hall–Kier alpha value is -2.36. The average Bonchev–Trinajstić information content (AvgIpc) is 2.51. The van der Waals surface area contributed by atoms with Crippen molar-refractivity contribution in [2.45, 2.75) is 34.1 Å². The molecule has 0 atom stereocenters. The van der Waals surface area contributed by atoms with Crippen LogP contribution in [0.15, 0.2) is 36.5 Å². The molecule has 122 valence electrons. The number of carbonyl (C=O) groups is 1. The quantitative estimate of drug-likeness (QED) is 0.831. The number of nitrogens with one attached hydrogen (secondary N) is 2. The molecule has 0 bridgehead atoms. The maximum absolute atomic E-state index is 12.3. The third kappa shape index (κ3) is 4.81. The van der Waals surface area contributed by atoms with Crippen molar-refractivity contribution in [1.82, 2.24) is 4.98 Å². The minimum absolute atomic E-state index is 0.184. The molecule has 4 nitrogen and oxygen atoms in total. The standard InChI is InChI=1S/C19H25N3O/c1-13(2)10-11-20-16-8-9-17(21-12-16)19(23)22-18-14(3)6-5-7-15(18)4/h5-9,12-13,20H,10-11H2,1-4H3,(H,22,23). The van der Waals surface area contributed by atoms with Gasteiger partial charge in [-0.15, -0.1) is 0 Å². The van der Waals surface area contributed by atoms with Gasteiger partial charge in [-0.2, -0.15) is 0 Å². The van der Waals surface area contributed by atoms with E-state index in [4.69, 9.17) is 0 Å². The van der Waals surface area contributed by atoms with Crippen LogP contribution in [-0.2, 0) is 0 Å². The van der Waals surface area contributed by atoms with Crippen molar-refractivity contribution >= 4 is 17.3 Å². The lowest BCUT2D eigenvalue weighted by molar-refractivity contribution is 0.102. The lowest BCUT2D eigenvalue weighted by Gasteiger charge is -2.12. The van der Waals surface area contributed by atoms with Crippen molar-refractivity contribution in [3.05, 3.63) is 53.3 Å². The van der Waals surface area contributed by atoms with Gasteiger partial charge in [0.1, 0.15) is 5.69 Å². The van der Waals surface area contributed by atoms with E-state index in [1.807, 2.05) is 38.1 Å². The first-order chi connectivity index (χ1) is 11.0. The van der Waals surface area contributed by atoms with Gasteiger partial charge in [0.2, 0.25) is 0 Å². The molecule has 0 aliphatic rings. The van der Waals surface area contributed by atoms with Crippen molar-refractivity contribution in [3.63, 3.8) is 0 Å². The Morgan fingerprint density at radius 1 is 1.13 bits per heavy atom. The molecule has 1 aromatic heterocycles. The monoisotopic (exact) mass is 311 g/mol. The van der Waals surface area contributed by atoms with Crippen molar-refractivity contribution in [2.24, 2.45) is 5.92 Å². The summed E-state index contributed by atoms with van der Waals surface area (Å²) in [5.74, 6) is 0.481. The van der Waals surface area contributed by atoms with Crippen LogP contribution in [0.25, 0.3) is 0 Å². The zero-order chi connectivity index (χ0) is 16.8. The van der Waals surface area contributed by atoms with Crippen LogP contribution in [0.2, 0.25) is 0 Å². The van der Waals surface area contributed by atoms with E-state index < -0.39 is 0 Å². The SMILES string of the molecule is Cc1cccc(C)c1NC(=O)c1ccc(NCCC(C)C)cn1. The molecule has 1 aromatic carbocycles. The Morgan fingerprint density at radius 2 is 1.83 bits per heavy atom. The number of hydrogen-bond acceptors (Lipinski definition) is 3. The number of rotatable bonds is 6. The Morgan fingerprint density at radius 3 is 2.39 bits per heavy atom.